The summed E-state index contributed by atoms with van der Waals surface area (Å²) in [5, 5.41) is 20.6. The second-order valence-corrected chi connectivity index (χ2v) is 5.23. The molecule has 0 saturated carbocycles. The molecule has 1 aliphatic heterocycles. The molecule has 0 bridgehead atoms. The molecule has 1 saturated heterocycles. The second kappa shape index (κ2) is 7.99. The van der Waals surface area contributed by atoms with Crippen molar-refractivity contribution in [2.24, 2.45) is 5.92 Å². The van der Waals surface area contributed by atoms with E-state index in [0.29, 0.717) is 19.5 Å². The molecule has 3 N–H and O–H groups in total. The highest BCUT2D eigenvalue weighted by atomic mass is 16.4. The summed E-state index contributed by atoms with van der Waals surface area (Å²) >= 11 is 0. The van der Waals surface area contributed by atoms with Crippen LogP contribution in [-0.2, 0) is 4.79 Å². The number of rotatable bonds is 7. The van der Waals surface area contributed by atoms with Gasteiger partial charge >= 0.3 is 12.0 Å². The lowest BCUT2D eigenvalue weighted by atomic mass is 10.0. The van der Waals surface area contributed by atoms with E-state index in [-0.39, 0.29) is 31.0 Å². The van der Waals surface area contributed by atoms with Crippen molar-refractivity contribution in [1.82, 2.24) is 10.2 Å². The van der Waals surface area contributed by atoms with Gasteiger partial charge in [0.2, 0.25) is 0 Å². The van der Waals surface area contributed by atoms with Crippen LogP contribution in [0.2, 0.25) is 0 Å². The van der Waals surface area contributed by atoms with E-state index in [2.05, 4.69) is 5.32 Å². The Bertz CT molecular complexity index is 309. The molecule has 0 spiro atoms. The van der Waals surface area contributed by atoms with E-state index in [1.165, 1.54) is 0 Å². The number of hydrogen-bond donors (Lipinski definition) is 3. The van der Waals surface area contributed by atoms with Gasteiger partial charge in [0.05, 0.1) is 12.6 Å². The van der Waals surface area contributed by atoms with E-state index in [4.69, 9.17) is 10.2 Å². The van der Waals surface area contributed by atoms with Gasteiger partial charge in [-0.25, -0.2) is 4.79 Å². The van der Waals surface area contributed by atoms with Gasteiger partial charge in [-0.3, -0.25) is 4.79 Å². The van der Waals surface area contributed by atoms with Crippen LogP contribution < -0.4 is 5.32 Å². The van der Waals surface area contributed by atoms with Crippen molar-refractivity contribution in [3.05, 3.63) is 0 Å². The number of aliphatic carboxylic acids is 1. The Morgan fingerprint density at radius 3 is 2.79 bits per heavy atom. The third-order valence-corrected chi connectivity index (χ3v) is 3.61. The highest BCUT2D eigenvalue weighted by Gasteiger charge is 2.27. The number of carboxylic acids is 1. The minimum absolute atomic E-state index is 0.0163. The quantitative estimate of drug-likeness (QED) is 0.646. The molecular formula is C13H24N2O4. The zero-order valence-corrected chi connectivity index (χ0v) is 11.5. The number of likely N-dealkylation sites (tertiary alicyclic amines) is 1. The molecule has 0 aliphatic carbocycles. The number of aliphatic hydroxyl groups excluding tert-OH is 1. The van der Waals surface area contributed by atoms with E-state index in [0.717, 1.165) is 19.3 Å². The van der Waals surface area contributed by atoms with Crippen LogP contribution in [0.5, 0.6) is 0 Å². The first kappa shape index (κ1) is 15.8. The number of nitrogens with zero attached hydrogens (tertiary/aromatic N) is 1. The maximum Gasteiger partial charge on any atom is 0.317 e. The fraction of sp³-hybridized carbons (Fsp3) is 0.846. The summed E-state index contributed by atoms with van der Waals surface area (Å²) < 4.78 is 0. The van der Waals surface area contributed by atoms with Crippen molar-refractivity contribution in [2.75, 3.05) is 19.7 Å². The Balaban J connectivity index is 2.18. The fourth-order valence-electron chi connectivity index (χ4n) is 2.33. The van der Waals surface area contributed by atoms with Gasteiger partial charge in [-0.1, -0.05) is 6.92 Å². The van der Waals surface area contributed by atoms with Crippen LogP contribution in [0.15, 0.2) is 0 Å². The molecule has 2 amide bonds. The molecule has 1 aliphatic rings. The molecule has 0 radical (unpaired) electrons. The minimum atomic E-state index is -0.779. The van der Waals surface area contributed by atoms with Crippen molar-refractivity contribution in [2.45, 2.75) is 45.1 Å². The van der Waals surface area contributed by atoms with Crippen LogP contribution in [0, 0.1) is 5.92 Å². The molecule has 0 aromatic carbocycles. The molecule has 110 valence electrons. The lowest BCUT2D eigenvalue weighted by Gasteiger charge is -2.23. The first-order valence-corrected chi connectivity index (χ1v) is 6.91. The van der Waals surface area contributed by atoms with E-state index >= 15 is 0 Å². The maximum atomic E-state index is 11.9. The number of amides is 2. The van der Waals surface area contributed by atoms with Crippen LogP contribution in [0.1, 0.15) is 39.0 Å². The Labute approximate surface area is 113 Å². The summed E-state index contributed by atoms with van der Waals surface area (Å²) in [6.45, 7) is 3.25. The summed E-state index contributed by atoms with van der Waals surface area (Å²) in [7, 11) is 0. The lowest BCUT2D eigenvalue weighted by Crippen LogP contribution is -2.44. The van der Waals surface area contributed by atoms with Crippen molar-refractivity contribution in [3.8, 4) is 0 Å². The zero-order chi connectivity index (χ0) is 14.3. The van der Waals surface area contributed by atoms with Crippen LogP contribution in [0.3, 0.4) is 0 Å². The topological polar surface area (TPSA) is 89.9 Å². The molecule has 0 aromatic rings. The molecule has 1 rings (SSSR count). The maximum absolute atomic E-state index is 11.9. The van der Waals surface area contributed by atoms with Crippen LogP contribution in [-0.4, -0.2) is 52.9 Å². The van der Waals surface area contributed by atoms with Gasteiger partial charge in [-0.2, -0.15) is 0 Å². The van der Waals surface area contributed by atoms with Crippen molar-refractivity contribution in [3.63, 3.8) is 0 Å². The first-order chi connectivity index (χ1) is 9.04. The zero-order valence-electron chi connectivity index (χ0n) is 11.5. The van der Waals surface area contributed by atoms with Crippen molar-refractivity contribution in [1.29, 1.82) is 0 Å². The molecular weight excluding hydrogens is 248 g/mol. The molecule has 0 aromatic heterocycles. The highest BCUT2D eigenvalue weighted by molar-refractivity contribution is 5.74. The predicted octanol–water partition coefficient (Wildman–Crippen LogP) is 1.04. The summed E-state index contributed by atoms with van der Waals surface area (Å²) in [5.41, 5.74) is 0. The van der Waals surface area contributed by atoms with Gasteiger partial charge in [0.1, 0.15) is 0 Å². The van der Waals surface area contributed by atoms with Gasteiger partial charge < -0.3 is 20.4 Å². The molecule has 2 unspecified atom stereocenters. The van der Waals surface area contributed by atoms with Gasteiger partial charge in [0, 0.05) is 19.5 Å². The first-order valence-electron chi connectivity index (χ1n) is 6.91. The number of nitrogens with one attached hydrogen (secondary N) is 1. The Hall–Kier alpha value is -1.30. The van der Waals surface area contributed by atoms with Gasteiger partial charge in [0.15, 0.2) is 0 Å². The summed E-state index contributed by atoms with van der Waals surface area (Å²) in [6.07, 6.45) is 3.38. The lowest BCUT2D eigenvalue weighted by molar-refractivity contribution is -0.137. The number of carbonyl (C=O) groups is 2. The number of aliphatic hydroxyl groups is 1. The Morgan fingerprint density at radius 1 is 1.42 bits per heavy atom. The third kappa shape index (κ3) is 5.46. The molecule has 1 fully saturated rings. The predicted molar refractivity (Wildman–Crippen MR) is 70.9 cm³/mol. The average Bonchev–Trinajstić information content (AvgIpc) is 2.84. The number of urea groups is 1. The van der Waals surface area contributed by atoms with E-state index < -0.39 is 5.97 Å². The average molecular weight is 272 g/mol. The van der Waals surface area contributed by atoms with Gasteiger partial charge in [-0.15, -0.1) is 0 Å². The van der Waals surface area contributed by atoms with E-state index in [1.807, 2.05) is 6.92 Å². The number of carboxylic acid groups (broad SMARTS) is 1. The number of hydrogen-bond acceptors (Lipinski definition) is 3. The largest absolute Gasteiger partial charge is 0.481 e. The summed E-state index contributed by atoms with van der Waals surface area (Å²) in [6, 6.07) is -0.175. The number of carbonyl (C=O) groups excluding carboxylic acids is 1. The van der Waals surface area contributed by atoms with Gasteiger partial charge in [0.25, 0.3) is 0 Å². The second-order valence-electron chi connectivity index (χ2n) is 5.23. The summed E-state index contributed by atoms with van der Waals surface area (Å²) in [5.74, 6) is -0.498. The van der Waals surface area contributed by atoms with E-state index in [9.17, 15) is 9.59 Å². The standard InChI is InChI=1S/C13H24N2O4/c1-10(4-5-12(17)18)6-7-14-13(19)15-8-2-3-11(15)9-16/h10-11,16H,2-9H2,1H3,(H,14,19)(H,17,18). The SMILES string of the molecule is CC(CCNC(=O)N1CCCC1CO)CCC(=O)O. The van der Waals surface area contributed by atoms with E-state index in [1.54, 1.807) is 4.90 Å². The van der Waals surface area contributed by atoms with Gasteiger partial charge in [-0.05, 0) is 31.6 Å². The highest BCUT2D eigenvalue weighted by Crippen LogP contribution is 2.16. The fourth-order valence-corrected chi connectivity index (χ4v) is 2.33. The van der Waals surface area contributed by atoms with Crippen LogP contribution in [0.25, 0.3) is 0 Å². The normalized spacial score (nSPS) is 20.3. The monoisotopic (exact) mass is 272 g/mol. The molecule has 2 atom stereocenters. The molecule has 19 heavy (non-hydrogen) atoms. The third-order valence-electron chi connectivity index (χ3n) is 3.61. The van der Waals surface area contributed by atoms with Crippen LogP contribution in [0.4, 0.5) is 4.79 Å². The van der Waals surface area contributed by atoms with Crippen LogP contribution >= 0.6 is 0 Å². The summed E-state index contributed by atoms with van der Waals surface area (Å²) in [4.78, 5) is 24.0. The molecule has 6 nitrogen and oxygen atoms in total. The smallest absolute Gasteiger partial charge is 0.317 e. The van der Waals surface area contributed by atoms with Crippen molar-refractivity contribution < 1.29 is 19.8 Å². The Morgan fingerprint density at radius 2 is 2.16 bits per heavy atom. The Kier molecular flexibility index (Phi) is 6.62. The minimum Gasteiger partial charge on any atom is -0.481 e. The van der Waals surface area contributed by atoms with Crippen molar-refractivity contribution >= 4 is 12.0 Å². The molecule has 6 heteroatoms. The molecule has 1 heterocycles.